The van der Waals surface area contributed by atoms with Gasteiger partial charge in [-0.3, -0.25) is 0 Å². The third kappa shape index (κ3) is 2.19. The molecule has 0 saturated carbocycles. The van der Waals surface area contributed by atoms with Gasteiger partial charge in [-0.05, 0) is 31.5 Å². The molecule has 0 bridgehead atoms. The summed E-state index contributed by atoms with van der Waals surface area (Å²) in [5, 5.41) is 11.5. The maximum absolute atomic E-state index is 4.24. The van der Waals surface area contributed by atoms with Crippen LogP contribution in [0, 0.1) is 0 Å². The third-order valence-corrected chi connectivity index (χ3v) is 3.12. The molecular formula is C12H15N5. The quantitative estimate of drug-likeness (QED) is 0.857. The highest BCUT2D eigenvalue weighted by Crippen LogP contribution is 2.22. The lowest BCUT2D eigenvalue weighted by Crippen LogP contribution is -2.17. The van der Waals surface area contributed by atoms with E-state index in [0.717, 1.165) is 18.8 Å². The van der Waals surface area contributed by atoms with Crippen LogP contribution in [0.2, 0.25) is 0 Å². The van der Waals surface area contributed by atoms with Gasteiger partial charge >= 0.3 is 0 Å². The van der Waals surface area contributed by atoms with Crippen LogP contribution in [0.15, 0.2) is 30.9 Å². The van der Waals surface area contributed by atoms with Gasteiger partial charge in [0.2, 0.25) is 0 Å². The van der Waals surface area contributed by atoms with E-state index in [0.29, 0.717) is 6.04 Å². The van der Waals surface area contributed by atoms with Gasteiger partial charge in [0, 0.05) is 18.4 Å². The van der Waals surface area contributed by atoms with Crippen molar-refractivity contribution in [3.63, 3.8) is 0 Å². The van der Waals surface area contributed by atoms with Gasteiger partial charge < -0.3 is 9.88 Å². The minimum atomic E-state index is 0.439. The minimum Gasteiger partial charge on any atom is -0.327 e. The Bertz CT molecular complexity index is 473. The fourth-order valence-electron chi connectivity index (χ4n) is 2.28. The van der Waals surface area contributed by atoms with Crippen LogP contribution in [0.5, 0.6) is 0 Å². The maximum Gasteiger partial charge on any atom is 0.0952 e. The van der Waals surface area contributed by atoms with E-state index in [1.54, 1.807) is 6.20 Å². The molecule has 1 atom stereocenters. The maximum atomic E-state index is 4.24. The molecule has 0 aromatic carbocycles. The first-order valence-electron chi connectivity index (χ1n) is 5.93. The van der Waals surface area contributed by atoms with Crippen molar-refractivity contribution >= 4 is 0 Å². The van der Waals surface area contributed by atoms with Crippen molar-refractivity contribution in [2.24, 2.45) is 0 Å². The molecule has 1 aliphatic rings. The Morgan fingerprint density at radius 1 is 1.47 bits per heavy atom. The lowest BCUT2D eigenvalue weighted by Gasteiger charge is -2.13. The molecule has 1 aliphatic heterocycles. The molecule has 1 saturated heterocycles. The highest BCUT2D eigenvalue weighted by Gasteiger charge is 2.19. The van der Waals surface area contributed by atoms with E-state index in [1.807, 2.05) is 24.7 Å². The van der Waals surface area contributed by atoms with Gasteiger partial charge in [0.25, 0.3) is 0 Å². The smallest absolute Gasteiger partial charge is 0.0952 e. The molecule has 88 valence electrons. The molecular weight excluding hydrogens is 214 g/mol. The van der Waals surface area contributed by atoms with E-state index >= 15 is 0 Å². The molecule has 0 spiro atoms. The predicted molar refractivity (Wildman–Crippen MR) is 63.3 cm³/mol. The first kappa shape index (κ1) is 10.4. The topological polar surface area (TPSA) is 55.6 Å². The standard InChI is InChI=1S/C12H15N5/c1-3-10(16-15-6-1)8-17-9-13-7-12(17)11-4-2-5-14-11/h1,3,6-7,9,11,14H,2,4-5,8H2. The molecule has 2 aromatic heterocycles. The Morgan fingerprint density at radius 2 is 2.47 bits per heavy atom. The zero-order chi connectivity index (χ0) is 11.5. The monoisotopic (exact) mass is 229 g/mol. The number of nitrogens with one attached hydrogen (secondary N) is 1. The first-order valence-corrected chi connectivity index (χ1v) is 5.93. The summed E-state index contributed by atoms with van der Waals surface area (Å²) in [6.45, 7) is 1.84. The fraction of sp³-hybridized carbons (Fsp3) is 0.417. The lowest BCUT2D eigenvalue weighted by atomic mass is 10.2. The molecule has 1 N–H and O–H groups in total. The molecule has 5 nitrogen and oxygen atoms in total. The number of nitrogens with zero attached hydrogens (tertiary/aromatic N) is 4. The van der Waals surface area contributed by atoms with Crippen LogP contribution in [0.1, 0.15) is 30.3 Å². The van der Waals surface area contributed by atoms with Crippen molar-refractivity contribution in [2.75, 3.05) is 6.54 Å². The minimum absolute atomic E-state index is 0.439. The third-order valence-electron chi connectivity index (χ3n) is 3.12. The van der Waals surface area contributed by atoms with Crippen molar-refractivity contribution in [1.29, 1.82) is 0 Å². The van der Waals surface area contributed by atoms with Crippen molar-refractivity contribution in [3.8, 4) is 0 Å². The van der Waals surface area contributed by atoms with Gasteiger partial charge in [0.15, 0.2) is 0 Å². The second-order valence-corrected chi connectivity index (χ2v) is 4.31. The van der Waals surface area contributed by atoms with Crippen molar-refractivity contribution in [3.05, 3.63) is 42.2 Å². The number of hydrogen-bond donors (Lipinski definition) is 1. The van der Waals surface area contributed by atoms with E-state index in [1.165, 1.54) is 18.5 Å². The summed E-state index contributed by atoms with van der Waals surface area (Å²) < 4.78 is 2.15. The van der Waals surface area contributed by atoms with Gasteiger partial charge in [-0.15, -0.1) is 0 Å². The average Bonchev–Trinajstić information content (AvgIpc) is 3.00. The lowest BCUT2D eigenvalue weighted by molar-refractivity contribution is 0.579. The molecule has 3 heterocycles. The van der Waals surface area contributed by atoms with E-state index in [4.69, 9.17) is 0 Å². The van der Waals surface area contributed by atoms with Crippen molar-refractivity contribution in [1.82, 2.24) is 25.1 Å². The van der Waals surface area contributed by atoms with E-state index in [9.17, 15) is 0 Å². The zero-order valence-electron chi connectivity index (χ0n) is 9.58. The summed E-state index contributed by atoms with van der Waals surface area (Å²) >= 11 is 0. The number of rotatable bonds is 3. The largest absolute Gasteiger partial charge is 0.327 e. The summed E-state index contributed by atoms with van der Waals surface area (Å²) in [5.41, 5.74) is 2.21. The molecule has 0 radical (unpaired) electrons. The number of imidazole rings is 1. The molecule has 0 aliphatic carbocycles. The fourth-order valence-corrected chi connectivity index (χ4v) is 2.28. The summed E-state index contributed by atoms with van der Waals surface area (Å²) in [4.78, 5) is 4.24. The predicted octanol–water partition coefficient (Wildman–Crippen LogP) is 1.15. The van der Waals surface area contributed by atoms with Crippen LogP contribution in [-0.2, 0) is 6.54 Å². The summed E-state index contributed by atoms with van der Waals surface area (Å²) in [6.07, 6.45) is 7.92. The van der Waals surface area contributed by atoms with Gasteiger partial charge in [-0.25, -0.2) is 4.98 Å². The van der Waals surface area contributed by atoms with Crippen LogP contribution in [0.4, 0.5) is 0 Å². The van der Waals surface area contributed by atoms with Gasteiger partial charge in [0.05, 0.1) is 24.3 Å². The number of aromatic nitrogens is 4. The van der Waals surface area contributed by atoms with Gasteiger partial charge in [-0.2, -0.15) is 10.2 Å². The Labute approximate surface area is 99.9 Å². The molecule has 5 heteroatoms. The SMILES string of the molecule is c1cnnc(Cn2cncc2C2CCCN2)c1. The Balaban J connectivity index is 1.81. The molecule has 3 rings (SSSR count). The van der Waals surface area contributed by atoms with Crippen LogP contribution in [0.25, 0.3) is 0 Å². The Hall–Kier alpha value is -1.75. The summed E-state index contributed by atoms with van der Waals surface area (Å²) in [5.74, 6) is 0. The van der Waals surface area contributed by atoms with E-state index in [-0.39, 0.29) is 0 Å². The van der Waals surface area contributed by atoms with Crippen LogP contribution >= 0.6 is 0 Å². The average molecular weight is 229 g/mol. The first-order chi connectivity index (χ1) is 8.43. The van der Waals surface area contributed by atoms with Crippen LogP contribution in [-0.4, -0.2) is 26.3 Å². The molecule has 2 aromatic rings. The Kier molecular flexibility index (Phi) is 2.83. The van der Waals surface area contributed by atoms with Gasteiger partial charge in [0.1, 0.15) is 0 Å². The van der Waals surface area contributed by atoms with Crippen molar-refractivity contribution in [2.45, 2.75) is 25.4 Å². The second kappa shape index (κ2) is 4.63. The highest BCUT2D eigenvalue weighted by atomic mass is 15.1. The zero-order valence-corrected chi connectivity index (χ0v) is 9.58. The molecule has 0 amide bonds. The summed E-state index contributed by atoms with van der Waals surface area (Å²) in [7, 11) is 0. The van der Waals surface area contributed by atoms with E-state index < -0.39 is 0 Å². The van der Waals surface area contributed by atoms with Crippen molar-refractivity contribution < 1.29 is 0 Å². The van der Waals surface area contributed by atoms with E-state index in [2.05, 4.69) is 25.1 Å². The van der Waals surface area contributed by atoms with Crippen LogP contribution in [0.3, 0.4) is 0 Å². The highest BCUT2D eigenvalue weighted by molar-refractivity contribution is 5.10. The van der Waals surface area contributed by atoms with Gasteiger partial charge in [-0.1, -0.05) is 0 Å². The Morgan fingerprint density at radius 3 is 3.24 bits per heavy atom. The normalized spacial score (nSPS) is 19.6. The molecule has 1 unspecified atom stereocenters. The van der Waals surface area contributed by atoms with Crippen LogP contribution < -0.4 is 5.32 Å². The number of hydrogen-bond acceptors (Lipinski definition) is 4. The molecule has 1 fully saturated rings. The molecule has 17 heavy (non-hydrogen) atoms. The second-order valence-electron chi connectivity index (χ2n) is 4.31. The summed E-state index contributed by atoms with van der Waals surface area (Å²) in [6, 6.07) is 4.33.